The van der Waals surface area contributed by atoms with Gasteiger partial charge >= 0.3 is 5.69 Å². The van der Waals surface area contributed by atoms with Crippen molar-refractivity contribution in [2.45, 2.75) is 13.5 Å². The van der Waals surface area contributed by atoms with E-state index in [0.717, 1.165) is 10.9 Å². The number of nitrogens with zero attached hydrogens (tertiary/aromatic N) is 6. The van der Waals surface area contributed by atoms with Crippen LogP contribution in [0.3, 0.4) is 0 Å². The molecule has 0 bridgehead atoms. The number of H-pyrrole nitrogens is 2. The molecule has 4 aromatic heterocycles. The minimum atomic E-state index is -0.358. The summed E-state index contributed by atoms with van der Waals surface area (Å²) in [4.78, 5) is 18.5. The molecule has 0 aliphatic carbocycles. The molecule has 0 unspecified atom stereocenters. The third kappa shape index (κ3) is 2.52. The van der Waals surface area contributed by atoms with Gasteiger partial charge in [-0.25, -0.2) is 14.9 Å². The second kappa shape index (κ2) is 5.76. The molecule has 0 saturated carbocycles. The normalized spacial score (nSPS) is 11.4. The van der Waals surface area contributed by atoms with Crippen molar-refractivity contribution in [3.05, 3.63) is 52.4 Å². The van der Waals surface area contributed by atoms with Gasteiger partial charge in [0.05, 0.1) is 12.1 Å². The van der Waals surface area contributed by atoms with Crippen LogP contribution in [0.5, 0.6) is 0 Å². The number of rotatable bonds is 4. The van der Waals surface area contributed by atoms with Crippen molar-refractivity contribution in [3.63, 3.8) is 0 Å². The topological polar surface area (TPSA) is 143 Å². The lowest BCUT2D eigenvalue weighted by Gasteiger charge is -2.09. The Labute approximate surface area is 150 Å². The van der Waals surface area contributed by atoms with Crippen molar-refractivity contribution < 1.29 is 4.52 Å². The molecular weight excluding hydrogens is 350 g/mol. The molecule has 11 heteroatoms. The molecule has 0 radical (unpaired) electrons. The highest BCUT2D eigenvalue weighted by Crippen LogP contribution is 2.27. The average molecular weight is 363 g/mol. The molecule has 4 heterocycles. The first kappa shape index (κ1) is 15.3. The molecule has 0 aliphatic rings. The smallest absolute Gasteiger partial charge is 0.340 e. The van der Waals surface area contributed by atoms with Crippen LogP contribution in [0.15, 0.2) is 39.6 Å². The van der Waals surface area contributed by atoms with E-state index in [4.69, 9.17) is 4.52 Å². The Balaban J connectivity index is 1.67. The van der Waals surface area contributed by atoms with Gasteiger partial charge in [0.1, 0.15) is 23.1 Å². The number of anilines is 1. The van der Waals surface area contributed by atoms with Gasteiger partial charge in [-0.2, -0.15) is 9.61 Å². The molecule has 0 fully saturated rings. The summed E-state index contributed by atoms with van der Waals surface area (Å²) in [5, 5.41) is 22.8. The second-order valence-corrected chi connectivity index (χ2v) is 5.95. The van der Waals surface area contributed by atoms with E-state index in [0.29, 0.717) is 41.0 Å². The Morgan fingerprint density at radius 1 is 1.30 bits per heavy atom. The molecular formula is C16H13N9O2. The summed E-state index contributed by atoms with van der Waals surface area (Å²) in [7, 11) is 0. The van der Waals surface area contributed by atoms with Crippen LogP contribution in [0.25, 0.3) is 27.9 Å². The zero-order chi connectivity index (χ0) is 18.4. The highest BCUT2D eigenvalue weighted by Gasteiger charge is 2.18. The van der Waals surface area contributed by atoms with Gasteiger partial charge < -0.3 is 9.84 Å². The maximum Gasteiger partial charge on any atom is 0.340 e. The number of aromatic amines is 2. The van der Waals surface area contributed by atoms with Crippen LogP contribution in [-0.4, -0.2) is 40.1 Å². The van der Waals surface area contributed by atoms with E-state index in [9.17, 15) is 4.79 Å². The molecule has 0 spiro atoms. The number of para-hydroxylation sites is 1. The van der Waals surface area contributed by atoms with Gasteiger partial charge in [0, 0.05) is 11.5 Å². The fourth-order valence-corrected chi connectivity index (χ4v) is 2.90. The minimum absolute atomic E-state index is 0.297. The molecule has 134 valence electrons. The highest BCUT2D eigenvalue weighted by molar-refractivity contribution is 5.92. The number of fused-ring (bicyclic) bond motifs is 3. The molecule has 27 heavy (non-hydrogen) atoms. The molecule has 5 rings (SSSR count). The van der Waals surface area contributed by atoms with Crippen molar-refractivity contribution in [1.82, 2.24) is 40.1 Å². The largest absolute Gasteiger partial charge is 0.362 e. The van der Waals surface area contributed by atoms with E-state index in [-0.39, 0.29) is 5.69 Å². The second-order valence-electron chi connectivity index (χ2n) is 5.95. The number of aryl methyl sites for hydroxylation is 1. The third-order valence-electron chi connectivity index (χ3n) is 4.10. The van der Waals surface area contributed by atoms with Crippen molar-refractivity contribution in [2.24, 2.45) is 0 Å². The maximum atomic E-state index is 11.2. The molecule has 0 aliphatic heterocycles. The number of nitrogens with one attached hydrogen (secondary N) is 3. The van der Waals surface area contributed by atoms with Gasteiger partial charge in [0.15, 0.2) is 11.3 Å². The zero-order valence-corrected chi connectivity index (χ0v) is 14.1. The SMILES string of the molecule is Cc1cc(-c2nnn3c2nc(NCc2n[nH]c(=O)[nH]2)c2ccccc23)no1. The van der Waals surface area contributed by atoms with Crippen LogP contribution < -0.4 is 11.0 Å². The van der Waals surface area contributed by atoms with E-state index < -0.39 is 0 Å². The number of hydrogen-bond acceptors (Lipinski definition) is 8. The highest BCUT2D eigenvalue weighted by atomic mass is 16.5. The Morgan fingerprint density at radius 3 is 2.96 bits per heavy atom. The lowest BCUT2D eigenvalue weighted by Crippen LogP contribution is -2.07. The molecule has 0 atom stereocenters. The van der Waals surface area contributed by atoms with Crippen LogP contribution in [0.1, 0.15) is 11.6 Å². The first-order chi connectivity index (χ1) is 13.2. The van der Waals surface area contributed by atoms with E-state index in [1.807, 2.05) is 31.2 Å². The molecule has 1 aromatic carbocycles. The summed E-state index contributed by atoms with van der Waals surface area (Å²) >= 11 is 0. The van der Waals surface area contributed by atoms with Crippen LogP contribution in [0, 0.1) is 6.92 Å². The van der Waals surface area contributed by atoms with Crippen LogP contribution in [-0.2, 0) is 6.54 Å². The van der Waals surface area contributed by atoms with Crippen LogP contribution in [0.4, 0.5) is 5.82 Å². The first-order valence-corrected chi connectivity index (χ1v) is 8.14. The number of hydrogen-bond donors (Lipinski definition) is 3. The molecule has 11 nitrogen and oxygen atoms in total. The number of benzene rings is 1. The standard InChI is InChI=1S/C16H13N9O2/c1-8-6-10(23-27-8)13-15-19-14(17-7-12-18-16(26)22-20-12)9-4-2-3-5-11(9)25(15)24-21-13/h2-6H,7H2,1H3,(H,17,19)(H2,18,20,22,26). The summed E-state index contributed by atoms with van der Waals surface area (Å²) in [6.07, 6.45) is 0. The van der Waals surface area contributed by atoms with Crippen LogP contribution >= 0.6 is 0 Å². The van der Waals surface area contributed by atoms with Crippen molar-refractivity contribution in [2.75, 3.05) is 5.32 Å². The predicted molar refractivity (Wildman–Crippen MR) is 95.1 cm³/mol. The zero-order valence-electron chi connectivity index (χ0n) is 14.1. The van der Waals surface area contributed by atoms with Crippen molar-refractivity contribution >= 4 is 22.4 Å². The predicted octanol–water partition coefficient (Wildman–Crippen LogP) is 1.26. The fraction of sp³-hybridized carbons (Fsp3) is 0.125. The first-order valence-electron chi connectivity index (χ1n) is 8.14. The third-order valence-corrected chi connectivity index (χ3v) is 4.10. The van der Waals surface area contributed by atoms with Gasteiger partial charge in [-0.3, -0.25) is 4.98 Å². The Morgan fingerprint density at radius 2 is 2.19 bits per heavy atom. The monoisotopic (exact) mass is 363 g/mol. The Kier molecular flexibility index (Phi) is 3.25. The van der Waals surface area contributed by atoms with Gasteiger partial charge in [-0.1, -0.05) is 22.5 Å². The molecule has 5 aromatic rings. The van der Waals surface area contributed by atoms with Crippen LogP contribution in [0.2, 0.25) is 0 Å². The van der Waals surface area contributed by atoms with E-state index >= 15 is 0 Å². The minimum Gasteiger partial charge on any atom is -0.362 e. The van der Waals surface area contributed by atoms with Crippen molar-refractivity contribution in [1.29, 1.82) is 0 Å². The van der Waals surface area contributed by atoms with Crippen molar-refractivity contribution in [3.8, 4) is 11.4 Å². The van der Waals surface area contributed by atoms with E-state index in [2.05, 4.69) is 41.0 Å². The number of aromatic nitrogens is 8. The summed E-state index contributed by atoms with van der Waals surface area (Å²) in [6, 6.07) is 9.47. The van der Waals surface area contributed by atoms with Gasteiger partial charge in [0.2, 0.25) is 0 Å². The summed E-state index contributed by atoms with van der Waals surface area (Å²) in [6.45, 7) is 2.11. The Hall–Kier alpha value is -4.02. The lowest BCUT2D eigenvalue weighted by molar-refractivity contribution is 0.399. The molecule has 0 saturated heterocycles. The van der Waals surface area contributed by atoms with E-state index in [1.54, 1.807) is 10.6 Å². The lowest BCUT2D eigenvalue weighted by atomic mass is 10.2. The fourth-order valence-electron chi connectivity index (χ4n) is 2.90. The van der Waals surface area contributed by atoms with Gasteiger partial charge in [-0.05, 0) is 19.1 Å². The van der Waals surface area contributed by atoms with Gasteiger partial charge in [-0.15, -0.1) is 5.10 Å². The quantitative estimate of drug-likeness (QED) is 0.433. The summed E-state index contributed by atoms with van der Waals surface area (Å²) < 4.78 is 6.81. The maximum absolute atomic E-state index is 11.2. The average Bonchev–Trinajstić information content (AvgIpc) is 3.39. The van der Waals surface area contributed by atoms with Gasteiger partial charge in [0.25, 0.3) is 0 Å². The Bertz CT molecular complexity index is 1330. The van der Waals surface area contributed by atoms with E-state index in [1.165, 1.54) is 0 Å². The summed E-state index contributed by atoms with van der Waals surface area (Å²) in [5.74, 6) is 1.77. The molecule has 3 N–H and O–H groups in total. The summed E-state index contributed by atoms with van der Waals surface area (Å²) in [5.41, 5.74) is 2.10. The molecule has 0 amide bonds.